The van der Waals surface area contributed by atoms with Crippen molar-refractivity contribution in [3.8, 4) is 11.4 Å². The summed E-state index contributed by atoms with van der Waals surface area (Å²) in [4.78, 5) is 20.4. The maximum absolute atomic E-state index is 12.2. The molecular weight excluding hydrogens is 377 g/mol. The topological polar surface area (TPSA) is 92.9 Å². The molecular formula is C17H23Cl2N5O2. The van der Waals surface area contributed by atoms with Gasteiger partial charge < -0.3 is 15.2 Å². The lowest BCUT2D eigenvalue weighted by molar-refractivity contribution is -0.122. The first kappa shape index (κ1) is 20.6. The summed E-state index contributed by atoms with van der Waals surface area (Å²) in [5, 5.41) is 10.4. The van der Waals surface area contributed by atoms with Crippen molar-refractivity contribution in [2.24, 2.45) is 5.92 Å². The van der Waals surface area contributed by atoms with Crippen LogP contribution in [0, 0.1) is 5.92 Å². The van der Waals surface area contributed by atoms with Gasteiger partial charge in [-0.15, -0.1) is 24.8 Å². The molecule has 2 fully saturated rings. The quantitative estimate of drug-likeness (QED) is 0.801. The zero-order valence-electron chi connectivity index (χ0n) is 14.3. The van der Waals surface area contributed by atoms with Crippen LogP contribution in [0.1, 0.15) is 38.0 Å². The van der Waals surface area contributed by atoms with E-state index in [-0.39, 0.29) is 37.3 Å². The molecule has 0 aliphatic carbocycles. The first-order chi connectivity index (χ1) is 11.8. The fraction of sp³-hybridized carbons (Fsp3) is 0.529. The summed E-state index contributed by atoms with van der Waals surface area (Å²) in [6.07, 6.45) is 8.66. The van der Waals surface area contributed by atoms with Gasteiger partial charge in [-0.1, -0.05) is 5.16 Å². The Hall–Kier alpha value is -1.70. The predicted octanol–water partition coefficient (Wildman–Crippen LogP) is 2.51. The summed E-state index contributed by atoms with van der Waals surface area (Å²) >= 11 is 0. The lowest BCUT2D eigenvalue weighted by Crippen LogP contribution is -2.39. The number of nitrogens with one attached hydrogen (secondary N) is 2. The monoisotopic (exact) mass is 399 g/mol. The van der Waals surface area contributed by atoms with E-state index in [1.807, 2.05) is 12.1 Å². The molecule has 0 saturated carbocycles. The zero-order chi connectivity index (χ0) is 16.4. The highest BCUT2D eigenvalue weighted by Crippen LogP contribution is 2.32. The van der Waals surface area contributed by atoms with Gasteiger partial charge in [-0.25, -0.2) is 0 Å². The number of carbonyl (C=O) groups is 1. The maximum Gasteiger partial charge on any atom is 0.246 e. The molecule has 2 bridgehead atoms. The molecule has 1 amide bonds. The van der Waals surface area contributed by atoms with Crippen molar-refractivity contribution < 1.29 is 9.32 Å². The van der Waals surface area contributed by atoms with Crippen LogP contribution in [0.5, 0.6) is 0 Å². The van der Waals surface area contributed by atoms with Crippen LogP contribution in [-0.2, 0) is 11.3 Å². The molecule has 2 unspecified atom stereocenters. The van der Waals surface area contributed by atoms with Crippen LogP contribution < -0.4 is 10.6 Å². The summed E-state index contributed by atoms with van der Waals surface area (Å²) in [5.41, 5.74) is 0.844. The largest absolute Gasteiger partial charge is 0.347 e. The fourth-order valence-corrected chi connectivity index (χ4v) is 3.80. The SMILES string of the molecule is Cl.Cl.O=C(CC1CC2CCC(C1)N2)NCc1nc(-c2ccncc2)no1. The summed E-state index contributed by atoms with van der Waals surface area (Å²) in [6.45, 7) is 0.273. The average molecular weight is 400 g/mol. The van der Waals surface area contributed by atoms with Crippen LogP contribution in [0.25, 0.3) is 11.4 Å². The first-order valence-corrected chi connectivity index (χ1v) is 8.52. The van der Waals surface area contributed by atoms with Gasteiger partial charge in [0.25, 0.3) is 0 Å². The lowest BCUT2D eigenvalue weighted by atomic mass is 9.89. The average Bonchev–Trinajstić information content (AvgIpc) is 3.20. The second-order valence-electron chi connectivity index (χ2n) is 6.70. The van der Waals surface area contributed by atoms with Crippen molar-refractivity contribution in [2.45, 2.75) is 50.7 Å². The molecule has 142 valence electrons. The zero-order valence-corrected chi connectivity index (χ0v) is 15.9. The number of piperidine rings is 1. The fourth-order valence-electron chi connectivity index (χ4n) is 3.80. The minimum atomic E-state index is 0. The van der Waals surface area contributed by atoms with E-state index in [0.717, 1.165) is 18.4 Å². The Morgan fingerprint density at radius 3 is 2.58 bits per heavy atom. The molecule has 0 radical (unpaired) electrons. The van der Waals surface area contributed by atoms with E-state index in [4.69, 9.17) is 4.52 Å². The third-order valence-corrected chi connectivity index (χ3v) is 4.89. The second-order valence-corrected chi connectivity index (χ2v) is 6.70. The second kappa shape index (κ2) is 9.30. The van der Waals surface area contributed by atoms with Crippen molar-refractivity contribution in [1.82, 2.24) is 25.8 Å². The van der Waals surface area contributed by atoms with Gasteiger partial charge >= 0.3 is 0 Å². The van der Waals surface area contributed by atoms with Gasteiger partial charge in [0.2, 0.25) is 17.6 Å². The minimum Gasteiger partial charge on any atom is -0.347 e. The maximum atomic E-state index is 12.2. The molecule has 4 heterocycles. The number of rotatable bonds is 5. The molecule has 2 aliphatic heterocycles. The summed E-state index contributed by atoms with van der Waals surface area (Å²) in [6, 6.07) is 4.86. The molecule has 9 heteroatoms. The standard InChI is InChI=1S/C17H21N5O2.2ClH/c23-15(9-11-7-13-1-2-14(8-11)20-13)19-10-16-21-17(22-24-16)12-3-5-18-6-4-12;;/h3-6,11,13-14,20H,1-2,7-10H2,(H,19,23);2*1H. The highest BCUT2D eigenvalue weighted by molar-refractivity contribution is 5.85. The highest BCUT2D eigenvalue weighted by atomic mass is 35.5. The third kappa shape index (κ3) is 4.93. The molecule has 2 saturated heterocycles. The van der Waals surface area contributed by atoms with Crippen LogP contribution in [0.3, 0.4) is 0 Å². The van der Waals surface area contributed by atoms with Crippen molar-refractivity contribution >= 4 is 30.7 Å². The van der Waals surface area contributed by atoms with Crippen molar-refractivity contribution in [3.63, 3.8) is 0 Å². The molecule has 7 nitrogen and oxygen atoms in total. The van der Waals surface area contributed by atoms with Crippen LogP contribution >= 0.6 is 24.8 Å². The minimum absolute atomic E-state index is 0. The Morgan fingerprint density at radius 1 is 1.19 bits per heavy atom. The highest BCUT2D eigenvalue weighted by Gasteiger charge is 2.34. The summed E-state index contributed by atoms with van der Waals surface area (Å²) < 4.78 is 5.20. The van der Waals surface area contributed by atoms with Gasteiger partial charge in [-0.3, -0.25) is 9.78 Å². The van der Waals surface area contributed by atoms with E-state index in [2.05, 4.69) is 25.8 Å². The van der Waals surface area contributed by atoms with E-state index in [1.54, 1.807) is 12.4 Å². The molecule has 4 rings (SSSR count). The Kier molecular flexibility index (Phi) is 7.37. The van der Waals surface area contributed by atoms with Gasteiger partial charge in [-0.2, -0.15) is 4.98 Å². The van der Waals surface area contributed by atoms with E-state index in [0.29, 0.717) is 36.1 Å². The number of hydrogen-bond donors (Lipinski definition) is 2. The van der Waals surface area contributed by atoms with Crippen LogP contribution in [-0.4, -0.2) is 33.1 Å². The Balaban J connectivity index is 0.00000121. The van der Waals surface area contributed by atoms with Crippen LogP contribution in [0.2, 0.25) is 0 Å². The Morgan fingerprint density at radius 2 is 1.88 bits per heavy atom. The molecule has 2 N–H and O–H groups in total. The van der Waals surface area contributed by atoms with Crippen molar-refractivity contribution in [1.29, 1.82) is 0 Å². The molecule has 2 aliphatic rings. The lowest BCUT2D eigenvalue weighted by Gasteiger charge is -2.28. The number of pyridine rings is 1. The van der Waals surface area contributed by atoms with E-state index < -0.39 is 0 Å². The van der Waals surface area contributed by atoms with E-state index in [1.165, 1.54) is 12.8 Å². The number of halogens is 2. The van der Waals surface area contributed by atoms with Crippen LogP contribution in [0.4, 0.5) is 0 Å². The molecule has 26 heavy (non-hydrogen) atoms. The van der Waals surface area contributed by atoms with E-state index >= 15 is 0 Å². The number of aromatic nitrogens is 3. The normalized spacial score (nSPS) is 23.6. The number of carbonyl (C=O) groups excluding carboxylic acids is 1. The van der Waals surface area contributed by atoms with Crippen molar-refractivity contribution in [3.05, 3.63) is 30.4 Å². The van der Waals surface area contributed by atoms with Gasteiger partial charge in [-0.05, 0) is 43.7 Å². The molecule has 2 atom stereocenters. The number of fused-ring (bicyclic) bond motifs is 2. The predicted molar refractivity (Wildman–Crippen MR) is 101 cm³/mol. The van der Waals surface area contributed by atoms with Crippen LogP contribution in [0.15, 0.2) is 29.0 Å². The Labute approximate surface area is 164 Å². The smallest absolute Gasteiger partial charge is 0.246 e. The number of nitrogens with zero attached hydrogens (tertiary/aromatic N) is 3. The van der Waals surface area contributed by atoms with Gasteiger partial charge in [0.05, 0.1) is 6.54 Å². The molecule has 0 aromatic carbocycles. The van der Waals surface area contributed by atoms with E-state index in [9.17, 15) is 4.79 Å². The van der Waals surface area contributed by atoms with Gasteiger partial charge in [0.1, 0.15) is 0 Å². The van der Waals surface area contributed by atoms with Gasteiger partial charge in [0.15, 0.2) is 0 Å². The first-order valence-electron chi connectivity index (χ1n) is 8.52. The molecule has 0 spiro atoms. The summed E-state index contributed by atoms with van der Waals surface area (Å²) in [5.74, 6) is 1.47. The molecule has 2 aromatic heterocycles. The Bertz CT molecular complexity index is 700. The van der Waals surface area contributed by atoms with Gasteiger partial charge in [0, 0.05) is 36.5 Å². The molecule has 2 aromatic rings. The number of amides is 1. The number of hydrogen-bond acceptors (Lipinski definition) is 6. The third-order valence-electron chi connectivity index (χ3n) is 4.89. The van der Waals surface area contributed by atoms with Crippen molar-refractivity contribution in [2.75, 3.05) is 0 Å². The summed E-state index contributed by atoms with van der Waals surface area (Å²) in [7, 11) is 0.